The van der Waals surface area contributed by atoms with Crippen LogP contribution in [0.4, 0.5) is 0 Å². The maximum atomic E-state index is 12.7. The number of nitrogens with one attached hydrogen (secondary N) is 1. The second-order valence-electron chi connectivity index (χ2n) is 6.27. The molecule has 1 unspecified atom stereocenters. The molecule has 25 heavy (non-hydrogen) atoms. The molecule has 0 aliphatic carbocycles. The SMILES string of the molecule is Cc1cnc(-c2nccnc2C2CCCN(C(=O)c3cccs3)C2)[nH]1. The van der Waals surface area contributed by atoms with E-state index in [-0.39, 0.29) is 11.8 Å². The largest absolute Gasteiger partial charge is 0.341 e. The van der Waals surface area contributed by atoms with Gasteiger partial charge in [0, 0.05) is 43.3 Å². The zero-order valence-corrected chi connectivity index (χ0v) is 14.8. The minimum absolute atomic E-state index is 0.110. The van der Waals surface area contributed by atoms with Crippen LogP contribution in [0.25, 0.3) is 11.5 Å². The second-order valence-corrected chi connectivity index (χ2v) is 7.22. The Morgan fingerprint density at radius 2 is 2.20 bits per heavy atom. The van der Waals surface area contributed by atoms with E-state index in [0.29, 0.717) is 6.54 Å². The number of aryl methyl sites for hydroxylation is 1. The van der Waals surface area contributed by atoms with E-state index in [0.717, 1.165) is 47.2 Å². The van der Waals surface area contributed by atoms with Crippen LogP contribution in [0.15, 0.2) is 36.1 Å². The van der Waals surface area contributed by atoms with Crippen LogP contribution >= 0.6 is 11.3 Å². The van der Waals surface area contributed by atoms with E-state index in [1.54, 1.807) is 18.6 Å². The lowest BCUT2D eigenvalue weighted by atomic mass is 9.92. The topological polar surface area (TPSA) is 74.8 Å². The summed E-state index contributed by atoms with van der Waals surface area (Å²) < 4.78 is 0. The van der Waals surface area contributed by atoms with Gasteiger partial charge in [-0.25, -0.2) is 9.97 Å². The Bertz CT molecular complexity index is 873. The number of thiophene rings is 1. The average Bonchev–Trinajstić information content (AvgIpc) is 3.33. The number of nitrogens with zero attached hydrogens (tertiary/aromatic N) is 4. The van der Waals surface area contributed by atoms with Gasteiger partial charge in [0.05, 0.1) is 10.6 Å². The monoisotopic (exact) mass is 353 g/mol. The number of hydrogen-bond donors (Lipinski definition) is 1. The summed E-state index contributed by atoms with van der Waals surface area (Å²) in [5.41, 5.74) is 2.69. The molecular formula is C18H19N5OS. The molecule has 1 amide bonds. The number of hydrogen-bond acceptors (Lipinski definition) is 5. The van der Waals surface area contributed by atoms with Gasteiger partial charge in [0.25, 0.3) is 5.91 Å². The standard InChI is InChI=1S/C18H19N5OS/c1-12-10-21-17(22-12)16-15(19-6-7-20-16)13-4-2-8-23(11-13)18(24)14-5-3-9-25-14/h3,5-7,9-10,13H,2,4,8,11H2,1H3,(H,21,22). The Labute approximate surface area is 150 Å². The fourth-order valence-corrected chi connectivity index (χ4v) is 3.99. The van der Waals surface area contributed by atoms with Crippen molar-refractivity contribution >= 4 is 17.2 Å². The molecule has 1 atom stereocenters. The van der Waals surface area contributed by atoms with E-state index in [4.69, 9.17) is 0 Å². The van der Waals surface area contributed by atoms with E-state index in [2.05, 4.69) is 19.9 Å². The van der Waals surface area contributed by atoms with Crippen LogP contribution in [0.5, 0.6) is 0 Å². The Balaban J connectivity index is 1.61. The van der Waals surface area contributed by atoms with Crippen molar-refractivity contribution in [3.05, 3.63) is 52.4 Å². The number of aromatic nitrogens is 4. The van der Waals surface area contributed by atoms with E-state index in [1.807, 2.05) is 29.3 Å². The molecule has 0 spiro atoms. The van der Waals surface area contributed by atoms with Gasteiger partial charge in [0.2, 0.25) is 0 Å². The van der Waals surface area contributed by atoms with Gasteiger partial charge in [-0.3, -0.25) is 9.78 Å². The number of amides is 1. The molecule has 0 aromatic carbocycles. The van der Waals surface area contributed by atoms with E-state index < -0.39 is 0 Å². The summed E-state index contributed by atoms with van der Waals surface area (Å²) in [4.78, 5) is 32.1. The smallest absolute Gasteiger partial charge is 0.263 e. The van der Waals surface area contributed by atoms with Crippen molar-refractivity contribution in [3.63, 3.8) is 0 Å². The maximum absolute atomic E-state index is 12.7. The molecule has 1 saturated heterocycles. The first kappa shape index (κ1) is 16.0. The van der Waals surface area contributed by atoms with Gasteiger partial charge >= 0.3 is 0 Å². The van der Waals surface area contributed by atoms with Crippen LogP contribution < -0.4 is 0 Å². The molecule has 128 valence electrons. The third-order valence-electron chi connectivity index (χ3n) is 4.48. The fraction of sp³-hybridized carbons (Fsp3) is 0.333. The van der Waals surface area contributed by atoms with E-state index >= 15 is 0 Å². The highest BCUT2D eigenvalue weighted by molar-refractivity contribution is 7.12. The molecular weight excluding hydrogens is 334 g/mol. The van der Waals surface area contributed by atoms with E-state index in [9.17, 15) is 4.79 Å². The highest BCUT2D eigenvalue weighted by Crippen LogP contribution is 2.31. The van der Waals surface area contributed by atoms with Crippen molar-refractivity contribution in [2.75, 3.05) is 13.1 Å². The number of imidazole rings is 1. The predicted octanol–water partition coefficient (Wildman–Crippen LogP) is 3.26. The zero-order valence-electron chi connectivity index (χ0n) is 14.0. The van der Waals surface area contributed by atoms with Gasteiger partial charge in [-0.05, 0) is 31.2 Å². The van der Waals surface area contributed by atoms with Crippen molar-refractivity contribution in [2.24, 2.45) is 0 Å². The Kier molecular flexibility index (Phi) is 4.31. The summed E-state index contributed by atoms with van der Waals surface area (Å²) in [6, 6.07) is 3.80. The quantitative estimate of drug-likeness (QED) is 0.784. The number of carbonyl (C=O) groups excluding carboxylic acids is 1. The Morgan fingerprint density at radius 3 is 2.96 bits per heavy atom. The van der Waals surface area contributed by atoms with Gasteiger partial charge in [0.1, 0.15) is 5.69 Å². The molecule has 0 saturated carbocycles. The zero-order chi connectivity index (χ0) is 17.2. The normalized spacial score (nSPS) is 17.6. The highest BCUT2D eigenvalue weighted by atomic mass is 32.1. The predicted molar refractivity (Wildman–Crippen MR) is 96.5 cm³/mol. The summed E-state index contributed by atoms with van der Waals surface area (Å²) in [5, 5.41) is 1.94. The summed E-state index contributed by atoms with van der Waals surface area (Å²) in [6.45, 7) is 3.43. The lowest BCUT2D eigenvalue weighted by Crippen LogP contribution is -2.39. The molecule has 3 aromatic rings. The van der Waals surface area contributed by atoms with Gasteiger partial charge in [-0.2, -0.15) is 0 Å². The van der Waals surface area contributed by atoms with Crippen molar-refractivity contribution in [1.82, 2.24) is 24.8 Å². The first-order chi connectivity index (χ1) is 12.2. The van der Waals surface area contributed by atoms with Gasteiger partial charge in [-0.15, -0.1) is 11.3 Å². The van der Waals surface area contributed by atoms with Crippen LogP contribution in [0, 0.1) is 6.92 Å². The van der Waals surface area contributed by atoms with Crippen LogP contribution in [0.1, 0.15) is 39.8 Å². The first-order valence-corrected chi connectivity index (χ1v) is 9.26. The molecule has 4 heterocycles. The number of aromatic amines is 1. The molecule has 0 bridgehead atoms. The molecule has 4 rings (SSSR count). The van der Waals surface area contributed by atoms with E-state index in [1.165, 1.54) is 11.3 Å². The number of rotatable bonds is 3. The molecule has 1 aliphatic heterocycles. The molecule has 6 nitrogen and oxygen atoms in total. The number of piperidine rings is 1. The lowest BCUT2D eigenvalue weighted by molar-refractivity contribution is 0.0711. The second kappa shape index (κ2) is 6.76. The summed E-state index contributed by atoms with van der Waals surface area (Å²) in [5.74, 6) is 1.02. The lowest BCUT2D eigenvalue weighted by Gasteiger charge is -2.32. The Morgan fingerprint density at radius 1 is 1.32 bits per heavy atom. The maximum Gasteiger partial charge on any atom is 0.263 e. The van der Waals surface area contributed by atoms with Crippen LogP contribution in [0.2, 0.25) is 0 Å². The van der Waals surface area contributed by atoms with Gasteiger partial charge in [-0.1, -0.05) is 6.07 Å². The van der Waals surface area contributed by atoms with Gasteiger partial charge < -0.3 is 9.88 Å². The molecule has 1 N–H and O–H groups in total. The molecule has 1 fully saturated rings. The summed E-state index contributed by atoms with van der Waals surface area (Å²) in [7, 11) is 0. The fourth-order valence-electron chi connectivity index (χ4n) is 3.30. The third kappa shape index (κ3) is 3.19. The summed E-state index contributed by atoms with van der Waals surface area (Å²) in [6.07, 6.45) is 7.17. The molecule has 0 radical (unpaired) electrons. The van der Waals surface area contributed by atoms with Crippen LogP contribution in [-0.4, -0.2) is 43.8 Å². The van der Waals surface area contributed by atoms with Gasteiger partial charge in [0.15, 0.2) is 5.82 Å². The van der Waals surface area contributed by atoms with Crippen LogP contribution in [0.3, 0.4) is 0 Å². The number of H-pyrrole nitrogens is 1. The van der Waals surface area contributed by atoms with Crippen molar-refractivity contribution < 1.29 is 4.79 Å². The molecule has 1 aliphatic rings. The van der Waals surface area contributed by atoms with Crippen molar-refractivity contribution in [2.45, 2.75) is 25.7 Å². The number of carbonyl (C=O) groups is 1. The highest BCUT2D eigenvalue weighted by Gasteiger charge is 2.29. The van der Waals surface area contributed by atoms with Crippen LogP contribution in [-0.2, 0) is 0 Å². The van der Waals surface area contributed by atoms with Crippen molar-refractivity contribution in [1.29, 1.82) is 0 Å². The Hall–Kier alpha value is -2.54. The summed E-state index contributed by atoms with van der Waals surface area (Å²) >= 11 is 1.49. The third-order valence-corrected chi connectivity index (χ3v) is 5.34. The minimum Gasteiger partial charge on any atom is -0.341 e. The van der Waals surface area contributed by atoms with Crippen molar-refractivity contribution in [3.8, 4) is 11.5 Å². The first-order valence-electron chi connectivity index (χ1n) is 8.38. The molecule has 3 aromatic heterocycles. The number of likely N-dealkylation sites (tertiary alicyclic amines) is 1. The average molecular weight is 353 g/mol. The minimum atomic E-state index is 0.110. The molecule has 7 heteroatoms.